The third-order valence-electron chi connectivity index (χ3n) is 5.78. The first-order chi connectivity index (χ1) is 11.0. The van der Waals surface area contributed by atoms with Gasteiger partial charge in [-0.3, -0.25) is 9.48 Å². The zero-order valence-corrected chi connectivity index (χ0v) is 17.0. The first-order valence-electron chi connectivity index (χ1n) is 8.66. The Morgan fingerprint density at radius 3 is 2.60 bits per heavy atom. The van der Waals surface area contributed by atoms with Crippen LogP contribution in [0.5, 0.6) is 0 Å². The predicted molar refractivity (Wildman–Crippen MR) is 105 cm³/mol. The van der Waals surface area contributed by atoms with Gasteiger partial charge in [0.05, 0.1) is 12.1 Å². The molecule has 1 aliphatic heterocycles. The Bertz CT molecular complexity index is 557. The largest absolute Gasteiger partial charge is 0.354 e. The summed E-state index contributed by atoms with van der Waals surface area (Å²) in [6.45, 7) is 2.36. The summed E-state index contributed by atoms with van der Waals surface area (Å²) in [5.74, 6) is 0.402. The number of aromatic nitrogens is 2. The van der Waals surface area contributed by atoms with E-state index in [0.29, 0.717) is 0 Å². The minimum atomic E-state index is -0.000171. The Balaban J connectivity index is 0.00000156. The van der Waals surface area contributed by atoms with Crippen molar-refractivity contribution in [2.75, 3.05) is 33.7 Å². The van der Waals surface area contributed by atoms with E-state index in [9.17, 15) is 4.79 Å². The minimum absolute atomic E-state index is 0. The minimum Gasteiger partial charge on any atom is -0.354 e. The highest BCUT2D eigenvalue weighted by Crippen LogP contribution is 2.33. The standard InChI is InChI=1S/C17H29N5O.2ClH/c1-21(2)17(6-4-5-7-17)12-19-16(23)15-10-18-9-14(15)13-8-20-22(3)11-13;;/h8,11,14-15,18H,4-7,9-10,12H2,1-3H3,(H,19,23);2*1H/t14-,15+;;/m1../s1. The van der Waals surface area contributed by atoms with Gasteiger partial charge in [-0.05, 0) is 32.5 Å². The van der Waals surface area contributed by atoms with Gasteiger partial charge < -0.3 is 15.5 Å². The topological polar surface area (TPSA) is 62.2 Å². The van der Waals surface area contributed by atoms with E-state index in [1.165, 1.54) is 25.7 Å². The number of hydrogen-bond acceptors (Lipinski definition) is 4. The van der Waals surface area contributed by atoms with Crippen LogP contribution in [0, 0.1) is 5.92 Å². The molecular formula is C17H31Cl2N5O. The highest BCUT2D eigenvalue weighted by molar-refractivity contribution is 5.85. The number of aryl methyl sites for hydroxylation is 1. The van der Waals surface area contributed by atoms with E-state index in [1.54, 1.807) is 0 Å². The molecule has 1 saturated carbocycles. The van der Waals surface area contributed by atoms with Gasteiger partial charge in [0.1, 0.15) is 0 Å². The maximum atomic E-state index is 12.8. The Morgan fingerprint density at radius 1 is 1.36 bits per heavy atom. The van der Waals surface area contributed by atoms with Crippen LogP contribution in [0.15, 0.2) is 12.4 Å². The molecule has 3 rings (SSSR count). The molecule has 1 aromatic rings. The van der Waals surface area contributed by atoms with Crippen LogP contribution in [-0.2, 0) is 11.8 Å². The zero-order valence-electron chi connectivity index (χ0n) is 15.3. The number of rotatable bonds is 5. The van der Waals surface area contributed by atoms with Gasteiger partial charge in [-0.15, -0.1) is 24.8 Å². The number of carbonyl (C=O) groups excluding carboxylic acids is 1. The molecule has 25 heavy (non-hydrogen) atoms. The molecule has 1 aromatic heterocycles. The molecule has 0 radical (unpaired) electrons. The number of halogens is 2. The van der Waals surface area contributed by atoms with Gasteiger partial charge in [-0.2, -0.15) is 5.10 Å². The summed E-state index contributed by atoms with van der Waals surface area (Å²) in [5.41, 5.74) is 1.30. The van der Waals surface area contributed by atoms with Crippen LogP contribution in [0.4, 0.5) is 0 Å². The highest BCUT2D eigenvalue weighted by Gasteiger charge is 2.39. The Hall–Kier alpha value is -0.820. The second-order valence-corrected chi connectivity index (χ2v) is 7.36. The van der Waals surface area contributed by atoms with Gasteiger partial charge >= 0.3 is 0 Å². The fourth-order valence-electron chi connectivity index (χ4n) is 4.13. The molecule has 0 spiro atoms. The van der Waals surface area contributed by atoms with E-state index in [1.807, 2.05) is 24.1 Å². The van der Waals surface area contributed by atoms with Crippen LogP contribution >= 0.6 is 24.8 Å². The van der Waals surface area contributed by atoms with Crippen LogP contribution in [0.2, 0.25) is 0 Å². The van der Waals surface area contributed by atoms with Crippen LogP contribution < -0.4 is 10.6 Å². The summed E-state index contributed by atoms with van der Waals surface area (Å²) in [7, 11) is 6.18. The lowest BCUT2D eigenvalue weighted by atomic mass is 9.89. The van der Waals surface area contributed by atoms with E-state index in [2.05, 4.69) is 34.7 Å². The summed E-state index contributed by atoms with van der Waals surface area (Å²) in [6.07, 6.45) is 8.78. The molecule has 1 aliphatic carbocycles. The van der Waals surface area contributed by atoms with Crippen molar-refractivity contribution in [3.63, 3.8) is 0 Å². The summed E-state index contributed by atoms with van der Waals surface area (Å²) >= 11 is 0. The van der Waals surface area contributed by atoms with Gasteiger partial charge in [-0.1, -0.05) is 12.8 Å². The quantitative estimate of drug-likeness (QED) is 0.799. The SMILES string of the molecule is CN(C)C1(CNC(=O)[C@H]2CNC[C@@H]2c2cnn(C)c2)CCCC1.Cl.Cl. The van der Waals surface area contributed by atoms with Crippen molar-refractivity contribution in [3.8, 4) is 0 Å². The summed E-state index contributed by atoms with van der Waals surface area (Å²) in [5, 5.41) is 10.9. The second kappa shape index (κ2) is 9.21. The monoisotopic (exact) mass is 391 g/mol. The van der Waals surface area contributed by atoms with Gasteiger partial charge in [-0.25, -0.2) is 0 Å². The first-order valence-corrected chi connectivity index (χ1v) is 8.66. The summed E-state index contributed by atoms with van der Waals surface area (Å²) < 4.78 is 1.81. The van der Waals surface area contributed by atoms with E-state index < -0.39 is 0 Å². The van der Waals surface area contributed by atoms with Crippen molar-refractivity contribution in [2.45, 2.75) is 37.1 Å². The average Bonchev–Trinajstić information content (AvgIpc) is 3.24. The average molecular weight is 392 g/mol. The van der Waals surface area contributed by atoms with Gasteiger partial charge in [0, 0.05) is 44.3 Å². The van der Waals surface area contributed by atoms with Crippen LogP contribution in [0.1, 0.15) is 37.2 Å². The van der Waals surface area contributed by atoms with Crippen LogP contribution in [0.3, 0.4) is 0 Å². The smallest absolute Gasteiger partial charge is 0.225 e. The molecule has 0 aromatic carbocycles. The molecule has 0 bridgehead atoms. The van der Waals surface area contributed by atoms with Crippen LogP contribution in [0.25, 0.3) is 0 Å². The second-order valence-electron chi connectivity index (χ2n) is 7.36. The van der Waals surface area contributed by atoms with E-state index in [-0.39, 0.29) is 48.1 Å². The molecule has 2 heterocycles. The molecule has 2 fully saturated rings. The van der Waals surface area contributed by atoms with Gasteiger partial charge in [0.2, 0.25) is 5.91 Å². The maximum Gasteiger partial charge on any atom is 0.225 e. The normalized spacial score (nSPS) is 24.6. The predicted octanol–water partition coefficient (Wildman–Crippen LogP) is 1.56. The maximum absolute atomic E-state index is 12.8. The Labute approximate surface area is 162 Å². The third-order valence-corrected chi connectivity index (χ3v) is 5.78. The van der Waals surface area contributed by atoms with E-state index in [0.717, 1.165) is 25.2 Å². The molecule has 0 unspecified atom stereocenters. The van der Waals surface area contributed by atoms with Crippen molar-refractivity contribution in [1.29, 1.82) is 0 Å². The molecule has 2 aliphatic rings. The van der Waals surface area contributed by atoms with Crippen molar-refractivity contribution >= 4 is 30.7 Å². The molecule has 2 N–H and O–H groups in total. The highest BCUT2D eigenvalue weighted by atomic mass is 35.5. The molecule has 8 heteroatoms. The fraction of sp³-hybridized carbons (Fsp3) is 0.765. The molecule has 144 valence electrons. The molecule has 2 atom stereocenters. The lowest BCUT2D eigenvalue weighted by Crippen LogP contribution is -2.52. The first kappa shape index (κ1) is 22.2. The van der Waals surface area contributed by atoms with Crippen LogP contribution in [-0.4, -0.2) is 59.9 Å². The lowest BCUT2D eigenvalue weighted by Gasteiger charge is -2.37. The number of amides is 1. The number of hydrogen-bond donors (Lipinski definition) is 2. The zero-order chi connectivity index (χ0) is 16.4. The van der Waals surface area contributed by atoms with Crippen molar-refractivity contribution in [1.82, 2.24) is 25.3 Å². The number of carbonyl (C=O) groups is 1. The molecular weight excluding hydrogens is 361 g/mol. The van der Waals surface area contributed by atoms with Gasteiger partial charge in [0.25, 0.3) is 0 Å². The van der Waals surface area contributed by atoms with Crippen molar-refractivity contribution < 1.29 is 4.79 Å². The van der Waals surface area contributed by atoms with Crippen molar-refractivity contribution in [2.24, 2.45) is 13.0 Å². The summed E-state index contributed by atoms with van der Waals surface area (Å²) in [4.78, 5) is 15.1. The number of likely N-dealkylation sites (N-methyl/N-ethyl adjacent to an activating group) is 1. The third kappa shape index (κ3) is 4.67. The molecule has 6 nitrogen and oxygen atoms in total. The fourth-order valence-corrected chi connectivity index (χ4v) is 4.13. The number of nitrogens with zero attached hydrogens (tertiary/aromatic N) is 3. The number of nitrogens with one attached hydrogen (secondary N) is 2. The van der Waals surface area contributed by atoms with E-state index in [4.69, 9.17) is 0 Å². The van der Waals surface area contributed by atoms with Crippen molar-refractivity contribution in [3.05, 3.63) is 18.0 Å². The van der Waals surface area contributed by atoms with E-state index >= 15 is 0 Å². The Kier molecular flexibility index (Phi) is 8.19. The molecule has 1 amide bonds. The molecule has 1 saturated heterocycles. The van der Waals surface area contributed by atoms with Gasteiger partial charge in [0.15, 0.2) is 0 Å². The lowest BCUT2D eigenvalue weighted by molar-refractivity contribution is -0.125. The Morgan fingerprint density at radius 2 is 2.04 bits per heavy atom. The summed E-state index contributed by atoms with van der Waals surface area (Å²) in [6, 6.07) is 0.